The maximum absolute atomic E-state index is 2.36. The van der Waals surface area contributed by atoms with Crippen molar-refractivity contribution in [3.05, 3.63) is 11.0 Å². The van der Waals surface area contributed by atoms with Crippen molar-refractivity contribution in [2.45, 2.75) is 19.8 Å². The Morgan fingerprint density at radius 3 is 3.10 bits per heavy atom. The summed E-state index contributed by atoms with van der Waals surface area (Å²) >= 11 is 4.10. The number of thioether (sulfide) groups is 2. The van der Waals surface area contributed by atoms with Gasteiger partial charge >= 0.3 is 0 Å². The average Bonchev–Trinajstić information content (AvgIpc) is 2.02. The van der Waals surface area contributed by atoms with Gasteiger partial charge in [-0.25, -0.2) is 0 Å². The van der Waals surface area contributed by atoms with Crippen LogP contribution in [-0.4, -0.2) is 17.3 Å². The van der Waals surface area contributed by atoms with E-state index in [0.717, 1.165) is 0 Å². The van der Waals surface area contributed by atoms with Crippen molar-refractivity contribution in [3.63, 3.8) is 0 Å². The van der Waals surface area contributed by atoms with Crippen molar-refractivity contribution in [2.75, 3.05) is 17.3 Å². The van der Waals surface area contributed by atoms with Crippen LogP contribution in [0.2, 0.25) is 0 Å². The lowest BCUT2D eigenvalue weighted by molar-refractivity contribution is 1.12. The summed E-state index contributed by atoms with van der Waals surface area (Å²) < 4.78 is 0. The van der Waals surface area contributed by atoms with E-state index in [2.05, 4.69) is 24.8 Å². The fourth-order valence-electron chi connectivity index (χ4n) is 0.901. The molecule has 0 unspecified atom stereocenters. The minimum absolute atomic E-state index is 1.27. The van der Waals surface area contributed by atoms with Gasteiger partial charge in [-0.05, 0) is 41.9 Å². The van der Waals surface area contributed by atoms with Crippen molar-refractivity contribution in [2.24, 2.45) is 0 Å². The zero-order valence-corrected chi connectivity index (χ0v) is 8.06. The van der Waals surface area contributed by atoms with Gasteiger partial charge in [0.1, 0.15) is 0 Å². The Bertz CT molecular complexity index is 118. The van der Waals surface area contributed by atoms with Crippen molar-refractivity contribution in [3.8, 4) is 0 Å². The molecule has 0 nitrogen and oxygen atoms in total. The van der Waals surface area contributed by atoms with Gasteiger partial charge in [0.05, 0.1) is 0 Å². The predicted octanol–water partition coefficient (Wildman–Crippen LogP) is 3.15. The Kier molecular flexibility index (Phi) is 4.39. The maximum Gasteiger partial charge on any atom is -0.00156 e. The summed E-state index contributed by atoms with van der Waals surface area (Å²) in [5, 5.41) is 0. The first-order valence-corrected chi connectivity index (χ1v) is 5.91. The molecule has 1 rings (SSSR count). The minimum Gasteiger partial charge on any atom is -0.162 e. The molecule has 1 aliphatic rings. The average molecular weight is 174 g/mol. The Balaban J connectivity index is 2.29. The lowest BCUT2D eigenvalue weighted by Crippen LogP contribution is -1.82. The molecule has 2 heteroatoms. The van der Waals surface area contributed by atoms with E-state index in [9.17, 15) is 0 Å². The van der Waals surface area contributed by atoms with Gasteiger partial charge in [-0.2, -0.15) is 11.8 Å². The van der Waals surface area contributed by atoms with Crippen LogP contribution in [0.15, 0.2) is 11.0 Å². The molecule has 0 radical (unpaired) electrons. The van der Waals surface area contributed by atoms with E-state index in [0.29, 0.717) is 0 Å². The molecule has 58 valence electrons. The van der Waals surface area contributed by atoms with Crippen LogP contribution < -0.4 is 0 Å². The fourth-order valence-corrected chi connectivity index (χ4v) is 2.77. The van der Waals surface area contributed by atoms with Crippen LogP contribution in [0.25, 0.3) is 0 Å². The third-order valence-corrected chi connectivity index (χ3v) is 3.67. The quantitative estimate of drug-likeness (QED) is 0.553. The van der Waals surface area contributed by atoms with Gasteiger partial charge in [-0.3, -0.25) is 0 Å². The first kappa shape index (κ1) is 8.54. The Morgan fingerprint density at radius 2 is 2.20 bits per heavy atom. The molecule has 0 aromatic heterocycles. The number of rotatable bonds is 0. The summed E-state index contributed by atoms with van der Waals surface area (Å²) in [7, 11) is 0. The second kappa shape index (κ2) is 5.14. The molecule has 1 aliphatic heterocycles. The van der Waals surface area contributed by atoms with Crippen LogP contribution in [0.4, 0.5) is 0 Å². The van der Waals surface area contributed by atoms with Crippen LogP contribution in [0.3, 0.4) is 0 Å². The van der Waals surface area contributed by atoms with Crippen LogP contribution >= 0.6 is 23.5 Å². The first-order chi connectivity index (χ1) is 4.89. The van der Waals surface area contributed by atoms with Gasteiger partial charge in [0.15, 0.2) is 0 Å². The Morgan fingerprint density at radius 1 is 1.30 bits per heavy atom. The molecular formula is C8H14S2. The summed E-state index contributed by atoms with van der Waals surface area (Å²) in [6, 6.07) is 0. The van der Waals surface area contributed by atoms with E-state index in [1.165, 1.54) is 35.0 Å². The van der Waals surface area contributed by atoms with Gasteiger partial charge in [0, 0.05) is 0 Å². The third kappa shape index (κ3) is 3.57. The summed E-state index contributed by atoms with van der Waals surface area (Å²) in [4.78, 5) is 1.52. The molecule has 0 saturated heterocycles. The highest BCUT2D eigenvalue weighted by molar-refractivity contribution is 8.03. The summed E-state index contributed by atoms with van der Waals surface area (Å²) in [5.74, 6) is 3.99. The van der Waals surface area contributed by atoms with Gasteiger partial charge in [0.2, 0.25) is 0 Å². The molecule has 0 aromatic carbocycles. The predicted molar refractivity (Wildman–Crippen MR) is 52.8 cm³/mol. The van der Waals surface area contributed by atoms with E-state index in [4.69, 9.17) is 0 Å². The monoisotopic (exact) mass is 174 g/mol. The lowest BCUT2D eigenvalue weighted by Gasteiger charge is -1.96. The van der Waals surface area contributed by atoms with Gasteiger partial charge in [-0.15, -0.1) is 11.8 Å². The Labute approximate surface area is 71.8 Å². The lowest BCUT2D eigenvalue weighted by atomic mass is 10.4. The van der Waals surface area contributed by atoms with E-state index < -0.39 is 0 Å². The second-order valence-electron chi connectivity index (χ2n) is 2.42. The molecule has 0 fully saturated rings. The molecule has 0 aromatic rings. The molecule has 1 heterocycles. The second-order valence-corrected chi connectivity index (χ2v) is 4.98. The highest BCUT2D eigenvalue weighted by atomic mass is 32.2. The highest BCUT2D eigenvalue weighted by Gasteiger charge is 1.96. The summed E-state index contributed by atoms with van der Waals surface area (Å²) in [5.41, 5.74) is 0. The van der Waals surface area contributed by atoms with Crippen molar-refractivity contribution in [1.29, 1.82) is 0 Å². The fraction of sp³-hybridized carbons (Fsp3) is 0.750. The van der Waals surface area contributed by atoms with Crippen molar-refractivity contribution >= 4 is 23.5 Å². The van der Waals surface area contributed by atoms with Gasteiger partial charge in [-0.1, -0.05) is 6.08 Å². The first-order valence-electron chi connectivity index (χ1n) is 3.77. The molecule has 0 spiro atoms. The molecule has 0 saturated carbocycles. The topological polar surface area (TPSA) is 0 Å². The molecule has 10 heavy (non-hydrogen) atoms. The maximum atomic E-state index is 2.36. The van der Waals surface area contributed by atoms with Crippen molar-refractivity contribution in [1.82, 2.24) is 0 Å². The SMILES string of the molecule is C/C1=C\CCSCCCS1. The normalized spacial score (nSPS) is 27.5. The zero-order chi connectivity index (χ0) is 7.23. The van der Waals surface area contributed by atoms with E-state index >= 15 is 0 Å². The van der Waals surface area contributed by atoms with E-state index in [1.54, 1.807) is 0 Å². The van der Waals surface area contributed by atoms with Gasteiger partial charge < -0.3 is 0 Å². The largest absolute Gasteiger partial charge is 0.162 e. The molecule has 0 atom stereocenters. The van der Waals surface area contributed by atoms with Gasteiger partial charge in [0.25, 0.3) is 0 Å². The number of allylic oxidation sites excluding steroid dienone is 2. The highest BCUT2D eigenvalue weighted by Crippen LogP contribution is 2.20. The molecule has 0 aliphatic carbocycles. The zero-order valence-electron chi connectivity index (χ0n) is 6.43. The van der Waals surface area contributed by atoms with Crippen LogP contribution in [-0.2, 0) is 0 Å². The molecule has 0 N–H and O–H groups in total. The number of hydrogen-bond acceptors (Lipinski definition) is 2. The van der Waals surface area contributed by atoms with Crippen molar-refractivity contribution < 1.29 is 0 Å². The summed E-state index contributed by atoms with van der Waals surface area (Å²) in [6.45, 7) is 2.22. The summed E-state index contributed by atoms with van der Waals surface area (Å²) in [6.07, 6.45) is 5.01. The third-order valence-electron chi connectivity index (χ3n) is 1.46. The van der Waals surface area contributed by atoms with Crippen LogP contribution in [0.5, 0.6) is 0 Å². The van der Waals surface area contributed by atoms with Crippen LogP contribution in [0.1, 0.15) is 19.8 Å². The minimum atomic E-state index is 1.27. The standard InChI is InChI=1S/C8H14S2/c1-8-4-2-5-9-6-3-7-10-8/h4H,2-3,5-7H2,1H3/b8-4+. The Hall–Kier alpha value is 0.440. The van der Waals surface area contributed by atoms with E-state index in [-0.39, 0.29) is 0 Å². The van der Waals surface area contributed by atoms with Crippen LogP contribution in [0, 0.1) is 0 Å². The molecular weight excluding hydrogens is 160 g/mol. The number of hydrogen-bond donors (Lipinski definition) is 0. The molecule has 0 bridgehead atoms. The van der Waals surface area contributed by atoms with E-state index in [1.807, 2.05) is 11.8 Å². The molecule has 0 amide bonds. The smallest absolute Gasteiger partial charge is 0.00156 e.